The number of halogens is 3. The van der Waals surface area contributed by atoms with E-state index in [1.54, 1.807) is 12.3 Å². The van der Waals surface area contributed by atoms with Gasteiger partial charge in [-0.1, -0.05) is 12.1 Å². The molecule has 0 spiro atoms. The normalized spacial score (nSPS) is 13.4. The lowest BCUT2D eigenvalue weighted by molar-refractivity contribution is -0.139. The summed E-state index contributed by atoms with van der Waals surface area (Å²) in [4.78, 5) is 18.1. The third-order valence-corrected chi connectivity index (χ3v) is 4.13. The third kappa shape index (κ3) is 3.85. The van der Waals surface area contributed by atoms with Crippen LogP contribution in [0.4, 0.5) is 13.2 Å². The van der Waals surface area contributed by atoms with Crippen LogP contribution in [0.2, 0.25) is 0 Å². The zero-order chi connectivity index (χ0) is 19.8. The second-order valence-corrected chi connectivity index (χ2v) is 6.08. The number of aliphatic hydroxyl groups is 1. The molecule has 0 fully saturated rings. The monoisotopic (exact) mass is 375 g/mol. The van der Waals surface area contributed by atoms with Gasteiger partial charge in [0.1, 0.15) is 5.65 Å². The summed E-state index contributed by atoms with van der Waals surface area (Å²) in [6.45, 7) is 1.29. The van der Waals surface area contributed by atoms with E-state index in [4.69, 9.17) is 5.73 Å². The number of H-pyrrole nitrogens is 1. The van der Waals surface area contributed by atoms with Crippen LogP contribution in [0.3, 0.4) is 0 Å². The predicted molar refractivity (Wildman–Crippen MR) is 95.4 cm³/mol. The molecule has 0 bridgehead atoms. The van der Waals surface area contributed by atoms with Crippen molar-refractivity contribution >= 4 is 23.0 Å². The average Bonchev–Trinajstić information content (AvgIpc) is 3.00. The highest BCUT2D eigenvalue weighted by atomic mass is 19.4. The largest absolute Gasteiger partial charge is 0.416 e. The number of primary amides is 1. The fourth-order valence-corrected chi connectivity index (χ4v) is 2.84. The second-order valence-electron chi connectivity index (χ2n) is 6.08. The van der Waals surface area contributed by atoms with Crippen molar-refractivity contribution in [3.05, 3.63) is 59.4 Å². The summed E-state index contributed by atoms with van der Waals surface area (Å²) in [5.41, 5.74) is 5.96. The quantitative estimate of drug-likeness (QED) is 0.606. The number of nitrogens with one attached hydrogen (secondary N) is 1. The molecule has 2 aromatic heterocycles. The van der Waals surface area contributed by atoms with Gasteiger partial charge >= 0.3 is 6.18 Å². The highest BCUT2D eigenvalue weighted by Crippen LogP contribution is 2.37. The van der Waals surface area contributed by atoms with Gasteiger partial charge < -0.3 is 15.8 Å². The molecule has 1 aromatic carbocycles. The average molecular weight is 375 g/mol. The molecule has 4 N–H and O–H groups in total. The van der Waals surface area contributed by atoms with E-state index >= 15 is 0 Å². The van der Waals surface area contributed by atoms with Crippen LogP contribution in [0.25, 0.3) is 28.2 Å². The molecule has 3 rings (SSSR count). The van der Waals surface area contributed by atoms with Crippen molar-refractivity contribution in [2.24, 2.45) is 5.73 Å². The van der Waals surface area contributed by atoms with Crippen molar-refractivity contribution in [3.8, 4) is 11.1 Å². The summed E-state index contributed by atoms with van der Waals surface area (Å²) in [7, 11) is 0. The number of nitrogens with two attached hydrogens (primary N) is 1. The number of amides is 1. The van der Waals surface area contributed by atoms with E-state index in [9.17, 15) is 23.1 Å². The van der Waals surface area contributed by atoms with Crippen molar-refractivity contribution in [3.63, 3.8) is 0 Å². The highest BCUT2D eigenvalue weighted by molar-refractivity contribution is 5.95. The van der Waals surface area contributed by atoms with Crippen LogP contribution >= 0.6 is 0 Å². The predicted octanol–water partition coefficient (Wildman–Crippen LogP) is 3.80. The Morgan fingerprint density at radius 3 is 2.67 bits per heavy atom. The van der Waals surface area contributed by atoms with Crippen LogP contribution < -0.4 is 5.73 Å². The topological polar surface area (TPSA) is 92.0 Å². The lowest BCUT2D eigenvalue weighted by atomic mass is 9.96. The Labute approximate surface area is 152 Å². The van der Waals surface area contributed by atoms with Crippen molar-refractivity contribution in [2.45, 2.75) is 19.2 Å². The molecular formula is C19H16F3N3O2. The molecule has 1 amide bonds. The van der Waals surface area contributed by atoms with Crippen molar-refractivity contribution in [1.82, 2.24) is 9.97 Å². The first kappa shape index (κ1) is 18.7. The Bertz CT molecular complexity index is 1040. The Morgan fingerprint density at radius 2 is 2.04 bits per heavy atom. The van der Waals surface area contributed by atoms with Gasteiger partial charge in [-0.25, -0.2) is 4.98 Å². The Kier molecular flexibility index (Phi) is 4.75. The SMILES string of the molecule is CC(O)c1ccc(-c2cnc3[nH]cc(/C=C/C(N)=O)c3c2)cc1C(F)(F)F. The first-order valence-electron chi connectivity index (χ1n) is 8.01. The molecule has 0 aliphatic rings. The number of aliphatic hydroxyl groups excluding tert-OH is 1. The number of rotatable bonds is 4. The highest BCUT2D eigenvalue weighted by Gasteiger charge is 2.34. The molecule has 1 atom stereocenters. The first-order valence-corrected chi connectivity index (χ1v) is 8.01. The number of hydrogen-bond donors (Lipinski definition) is 3. The molecule has 0 saturated carbocycles. The van der Waals surface area contributed by atoms with Crippen LogP contribution in [0, 0.1) is 0 Å². The second kappa shape index (κ2) is 6.88. The molecule has 5 nitrogen and oxygen atoms in total. The number of aromatic nitrogens is 2. The Morgan fingerprint density at radius 1 is 1.30 bits per heavy atom. The fourth-order valence-electron chi connectivity index (χ4n) is 2.84. The van der Waals surface area contributed by atoms with Gasteiger partial charge in [-0.15, -0.1) is 0 Å². The number of alkyl halides is 3. The van der Waals surface area contributed by atoms with Gasteiger partial charge in [0.05, 0.1) is 11.7 Å². The number of hydrogen-bond acceptors (Lipinski definition) is 3. The van der Waals surface area contributed by atoms with Gasteiger partial charge in [0.2, 0.25) is 5.91 Å². The minimum absolute atomic E-state index is 0.188. The molecule has 3 aromatic rings. The standard InChI is InChI=1S/C19H16F3N3O2/c1-10(26)14-4-2-11(7-16(14)19(20,21)22)13-6-15-12(3-5-17(23)27)8-24-18(15)25-9-13/h2-10,26H,1H3,(H2,23,27)(H,24,25)/b5-3+. The van der Waals surface area contributed by atoms with E-state index in [1.165, 1.54) is 37.4 Å². The van der Waals surface area contributed by atoms with Crippen molar-refractivity contribution in [1.29, 1.82) is 0 Å². The number of benzene rings is 1. The van der Waals surface area contributed by atoms with E-state index in [-0.39, 0.29) is 5.56 Å². The van der Waals surface area contributed by atoms with Crippen molar-refractivity contribution in [2.75, 3.05) is 0 Å². The Balaban J connectivity index is 2.12. The Hall–Kier alpha value is -3.13. The number of nitrogens with zero attached hydrogens (tertiary/aromatic N) is 1. The summed E-state index contributed by atoms with van der Waals surface area (Å²) in [5.74, 6) is -0.614. The van der Waals surface area contributed by atoms with E-state index in [0.717, 1.165) is 6.07 Å². The maximum absolute atomic E-state index is 13.4. The molecule has 8 heteroatoms. The van der Waals surface area contributed by atoms with Gasteiger partial charge in [0, 0.05) is 35.0 Å². The van der Waals surface area contributed by atoms with E-state index in [1.807, 2.05) is 0 Å². The van der Waals surface area contributed by atoms with Crippen LogP contribution in [-0.2, 0) is 11.0 Å². The lowest BCUT2D eigenvalue weighted by Crippen LogP contribution is -2.11. The number of aromatic amines is 1. The van der Waals surface area contributed by atoms with Gasteiger partial charge in [0.15, 0.2) is 0 Å². The fraction of sp³-hybridized carbons (Fsp3) is 0.158. The van der Waals surface area contributed by atoms with Crippen molar-refractivity contribution < 1.29 is 23.1 Å². The number of carbonyl (C=O) groups is 1. The molecule has 140 valence electrons. The third-order valence-electron chi connectivity index (χ3n) is 4.13. The van der Waals surface area contributed by atoms with Crippen LogP contribution in [-0.4, -0.2) is 21.0 Å². The summed E-state index contributed by atoms with van der Waals surface area (Å²) in [6.07, 6.45) is -0.0648. The van der Waals surface area contributed by atoms with Gasteiger partial charge in [-0.05, 0) is 36.3 Å². The smallest absolute Gasteiger partial charge is 0.389 e. The molecule has 0 radical (unpaired) electrons. The maximum Gasteiger partial charge on any atom is 0.416 e. The van der Waals surface area contributed by atoms with Crippen LogP contribution in [0.1, 0.15) is 29.7 Å². The minimum Gasteiger partial charge on any atom is -0.389 e. The molecule has 0 aliphatic heterocycles. The zero-order valence-corrected chi connectivity index (χ0v) is 14.2. The van der Waals surface area contributed by atoms with Crippen LogP contribution in [0.5, 0.6) is 0 Å². The zero-order valence-electron chi connectivity index (χ0n) is 14.2. The van der Waals surface area contributed by atoms with Gasteiger partial charge in [-0.2, -0.15) is 13.2 Å². The molecular weight excluding hydrogens is 359 g/mol. The summed E-state index contributed by atoms with van der Waals surface area (Å²) < 4.78 is 40.1. The number of fused-ring (bicyclic) bond motifs is 1. The molecule has 0 saturated heterocycles. The van der Waals surface area contributed by atoms with Gasteiger partial charge in [0.25, 0.3) is 0 Å². The first-order chi connectivity index (χ1) is 12.7. The molecule has 2 heterocycles. The van der Waals surface area contributed by atoms with E-state index < -0.39 is 23.8 Å². The lowest BCUT2D eigenvalue weighted by Gasteiger charge is -2.16. The minimum atomic E-state index is -4.59. The molecule has 27 heavy (non-hydrogen) atoms. The van der Waals surface area contributed by atoms with Crippen LogP contribution in [0.15, 0.2) is 42.7 Å². The maximum atomic E-state index is 13.4. The summed E-state index contributed by atoms with van der Waals surface area (Å²) >= 11 is 0. The van der Waals surface area contributed by atoms with E-state index in [0.29, 0.717) is 27.7 Å². The molecule has 1 unspecified atom stereocenters. The summed E-state index contributed by atoms with van der Waals surface area (Å²) in [5, 5.41) is 10.3. The van der Waals surface area contributed by atoms with Gasteiger partial charge in [-0.3, -0.25) is 4.79 Å². The molecule has 0 aliphatic carbocycles. The number of pyridine rings is 1. The summed E-state index contributed by atoms with van der Waals surface area (Å²) in [6, 6.07) is 5.44. The number of carbonyl (C=O) groups excluding carboxylic acids is 1. The van der Waals surface area contributed by atoms with E-state index in [2.05, 4.69) is 9.97 Å².